The molecule has 3 aromatic rings. The van der Waals surface area contributed by atoms with Crippen LogP contribution in [-0.4, -0.2) is 43.9 Å². The van der Waals surface area contributed by atoms with Gasteiger partial charge in [-0.1, -0.05) is 48.9 Å². The van der Waals surface area contributed by atoms with E-state index in [0.717, 1.165) is 29.2 Å². The SMILES string of the molecule is CCCOCc1cc(OC)c(-c2ccc(C[C@H](NC(=O)c3c(F)cccc3Cl)C(=O)O)cc2)c(OC)c1. The van der Waals surface area contributed by atoms with Crippen LogP contribution in [0.5, 0.6) is 11.5 Å². The summed E-state index contributed by atoms with van der Waals surface area (Å²) < 4.78 is 31.0. The van der Waals surface area contributed by atoms with Crippen LogP contribution in [0, 0.1) is 5.82 Å². The van der Waals surface area contributed by atoms with Crippen molar-refractivity contribution in [3.63, 3.8) is 0 Å². The fourth-order valence-corrected chi connectivity index (χ4v) is 4.11. The van der Waals surface area contributed by atoms with Gasteiger partial charge in [-0.15, -0.1) is 0 Å². The number of carbonyl (C=O) groups excluding carboxylic acids is 1. The summed E-state index contributed by atoms with van der Waals surface area (Å²) >= 11 is 5.94. The molecule has 0 bridgehead atoms. The van der Waals surface area contributed by atoms with Crippen molar-refractivity contribution in [3.8, 4) is 22.6 Å². The molecule has 0 unspecified atom stereocenters. The van der Waals surface area contributed by atoms with Crippen molar-refractivity contribution in [2.24, 2.45) is 0 Å². The normalized spacial score (nSPS) is 11.6. The number of hydrogen-bond acceptors (Lipinski definition) is 5. The first kappa shape index (κ1) is 28.0. The molecule has 1 atom stereocenters. The van der Waals surface area contributed by atoms with Gasteiger partial charge in [0.1, 0.15) is 23.4 Å². The standard InChI is InChI=1S/C28H29ClFNO6/c1-4-12-37-16-18-14-23(35-2)25(24(15-18)36-3)19-10-8-17(9-11-19)13-22(28(33)34)31-27(32)26-20(29)6-5-7-21(26)30/h5-11,14-15,22H,4,12-13,16H2,1-3H3,(H,31,32)(H,33,34)/t22-/m0/s1. The summed E-state index contributed by atoms with van der Waals surface area (Å²) in [5, 5.41) is 11.9. The highest BCUT2D eigenvalue weighted by atomic mass is 35.5. The van der Waals surface area contributed by atoms with Gasteiger partial charge in [-0.05, 0) is 47.4 Å². The Bertz CT molecular complexity index is 1200. The number of aliphatic carboxylic acids is 1. The minimum absolute atomic E-state index is 0.0185. The second kappa shape index (κ2) is 13.1. The molecule has 3 aromatic carbocycles. The summed E-state index contributed by atoms with van der Waals surface area (Å²) in [6, 6.07) is 13.5. The summed E-state index contributed by atoms with van der Waals surface area (Å²) in [5.74, 6) is -1.76. The van der Waals surface area contributed by atoms with Gasteiger partial charge >= 0.3 is 5.97 Å². The molecule has 0 heterocycles. The Morgan fingerprint density at radius 2 is 1.68 bits per heavy atom. The van der Waals surface area contributed by atoms with Crippen LogP contribution in [0.15, 0.2) is 54.6 Å². The zero-order chi connectivity index (χ0) is 26.9. The fraction of sp³-hybridized carbons (Fsp3) is 0.286. The van der Waals surface area contributed by atoms with Crippen molar-refractivity contribution in [2.45, 2.75) is 32.4 Å². The van der Waals surface area contributed by atoms with Crippen LogP contribution in [0.4, 0.5) is 4.39 Å². The fourth-order valence-electron chi connectivity index (χ4n) is 3.86. The number of halogens is 2. The van der Waals surface area contributed by atoms with Crippen LogP contribution in [0.1, 0.15) is 34.8 Å². The Kier molecular flexibility index (Phi) is 9.88. The quantitative estimate of drug-likeness (QED) is 0.300. The van der Waals surface area contributed by atoms with E-state index in [0.29, 0.717) is 30.3 Å². The molecule has 0 saturated heterocycles. The summed E-state index contributed by atoms with van der Waals surface area (Å²) in [7, 11) is 3.15. The molecule has 9 heteroatoms. The lowest BCUT2D eigenvalue weighted by molar-refractivity contribution is -0.139. The maximum atomic E-state index is 14.1. The van der Waals surface area contributed by atoms with Gasteiger partial charge < -0.3 is 24.6 Å². The Balaban J connectivity index is 1.81. The predicted octanol–water partition coefficient (Wildman–Crippen LogP) is 5.52. The van der Waals surface area contributed by atoms with Crippen LogP contribution in [0.3, 0.4) is 0 Å². The van der Waals surface area contributed by atoms with Crippen LogP contribution in [-0.2, 0) is 22.6 Å². The van der Waals surface area contributed by atoms with Gasteiger partial charge in [0, 0.05) is 13.0 Å². The molecule has 3 rings (SSSR count). The van der Waals surface area contributed by atoms with Crippen LogP contribution >= 0.6 is 11.6 Å². The number of carboxylic acids is 1. The van der Waals surface area contributed by atoms with Crippen LogP contribution < -0.4 is 14.8 Å². The lowest BCUT2D eigenvalue weighted by atomic mass is 9.98. The molecular formula is C28H29ClFNO6. The van der Waals surface area contributed by atoms with Crippen LogP contribution in [0.25, 0.3) is 11.1 Å². The van der Waals surface area contributed by atoms with Crippen molar-refractivity contribution in [3.05, 3.63) is 82.1 Å². The molecule has 0 fully saturated rings. The van der Waals surface area contributed by atoms with Gasteiger partial charge in [0.2, 0.25) is 0 Å². The molecule has 0 saturated carbocycles. The monoisotopic (exact) mass is 529 g/mol. The van der Waals surface area contributed by atoms with E-state index in [1.807, 2.05) is 31.2 Å². The molecule has 2 N–H and O–H groups in total. The largest absolute Gasteiger partial charge is 0.496 e. The molecule has 37 heavy (non-hydrogen) atoms. The smallest absolute Gasteiger partial charge is 0.326 e. The highest BCUT2D eigenvalue weighted by Gasteiger charge is 2.24. The number of carboxylic acid groups (broad SMARTS) is 1. The Hall–Kier alpha value is -3.62. The topological polar surface area (TPSA) is 94.1 Å². The molecule has 0 aliphatic rings. The number of methoxy groups -OCH3 is 2. The maximum Gasteiger partial charge on any atom is 0.326 e. The predicted molar refractivity (Wildman–Crippen MR) is 139 cm³/mol. The average molecular weight is 530 g/mol. The van der Waals surface area contributed by atoms with E-state index in [2.05, 4.69) is 5.32 Å². The third kappa shape index (κ3) is 6.99. The van der Waals surface area contributed by atoms with E-state index in [4.69, 9.17) is 25.8 Å². The molecule has 0 radical (unpaired) electrons. The number of ether oxygens (including phenoxy) is 3. The lowest BCUT2D eigenvalue weighted by Gasteiger charge is -2.17. The molecule has 0 aliphatic heterocycles. The third-order valence-corrected chi connectivity index (χ3v) is 5.97. The first-order chi connectivity index (χ1) is 17.8. The van der Waals surface area contributed by atoms with Crippen molar-refractivity contribution < 1.29 is 33.3 Å². The number of benzene rings is 3. The van der Waals surface area contributed by atoms with Gasteiger partial charge in [0.05, 0.1) is 37.0 Å². The highest BCUT2D eigenvalue weighted by molar-refractivity contribution is 6.33. The van der Waals surface area contributed by atoms with Crippen molar-refractivity contribution in [2.75, 3.05) is 20.8 Å². The first-order valence-electron chi connectivity index (χ1n) is 11.7. The van der Waals surface area contributed by atoms with E-state index in [9.17, 15) is 19.1 Å². The summed E-state index contributed by atoms with van der Waals surface area (Å²) in [6.07, 6.45) is 0.900. The van der Waals surface area contributed by atoms with E-state index in [-0.39, 0.29) is 11.4 Å². The van der Waals surface area contributed by atoms with Gasteiger partial charge in [-0.3, -0.25) is 4.79 Å². The van der Waals surface area contributed by atoms with Gasteiger partial charge in [-0.2, -0.15) is 0 Å². The minimum Gasteiger partial charge on any atom is -0.496 e. The molecule has 196 valence electrons. The van der Waals surface area contributed by atoms with Gasteiger partial charge in [-0.25, -0.2) is 9.18 Å². The first-order valence-corrected chi connectivity index (χ1v) is 12.1. The number of hydrogen-bond donors (Lipinski definition) is 2. The summed E-state index contributed by atoms with van der Waals surface area (Å²) in [5.41, 5.74) is 2.71. The molecule has 7 nitrogen and oxygen atoms in total. The minimum atomic E-state index is -1.29. The van der Waals surface area contributed by atoms with Crippen molar-refractivity contribution >= 4 is 23.5 Å². The second-order valence-corrected chi connectivity index (χ2v) is 8.70. The van der Waals surface area contributed by atoms with E-state index in [1.54, 1.807) is 26.4 Å². The third-order valence-electron chi connectivity index (χ3n) is 5.66. The Morgan fingerprint density at radius 3 is 2.22 bits per heavy atom. The van der Waals surface area contributed by atoms with Gasteiger partial charge in [0.15, 0.2) is 0 Å². The molecule has 0 aromatic heterocycles. The maximum absolute atomic E-state index is 14.1. The van der Waals surface area contributed by atoms with Gasteiger partial charge in [0.25, 0.3) is 5.91 Å². The summed E-state index contributed by atoms with van der Waals surface area (Å²) in [4.78, 5) is 24.4. The second-order valence-electron chi connectivity index (χ2n) is 8.29. The molecule has 1 amide bonds. The van der Waals surface area contributed by atoms with E-state index in [1.165, 1.54) is 12.1 Å². The zero-order valence-electron chi connectivity index (χ0n) is 20.8. The Labute approximate surface area is 220 Å². The van der Waals surface area contributed by atoms with E-state index < -0.39 is 29.3 Å². The number of carbonyl (C=O) groups is 2. The number of rotatable bonds is 12. The molecular weight excluding hydrogens is 501 g/mol. The van der Waals surface area contributed by atoms with Crippen LogP contribution in [0.2, 0.25) is 5.02 Å². The molecule has 0 spiro atoms. The van der Waals surface area contributed by atoms with E-state index >= 15 is 0 Å². The zero-order valence-corrected chi connectivity index (χ0v) is 21.6. The average Bonchev–Trinajstić information content (AvgIpc) is 2.88. The summed E-state index contributed by atoms with van der Waals surface area (Å²) in [6.45, 7) is 3.12. The van der Waals surface area contributed by atoms with Crippen molar-refractivity contribution in [1.29, 1.82) is 0 Å². The number of amides is 1. The number of nitrogens with one attached hydrogen (secondary N) is 1. The highest BCUT2D eigenvalue weighted by Crippen LogP contribution is 2.40. The Morgan fingerprint density at radius 1 is 1.03 bits per heavy atom. The van der Waals surface area contributed by atoms with Crippen molar-refractivity contribution in [1.82, 2.24) is 5.32 Å². The molecule has 0 aliphatic carbocycles. The lowest BCUT2D eigenvalue weighted by Crippen LogP contribution is -2.42.